The third kappa shape index (κ3) is 2.63. The third-order valence-corrected chi connectivity index (χ3v) is 4.67. The number of nitrogens with two attached hydrogens (primary N) is 1. The molecular formula is C11H15FN2O3S. The van der Waals surface area contributed by atoms with Gasteiger partial charge in [0.1, 0.15) is 10.7 Å². The molecule has 0 amide bonds. The first-order valence-electron chi connectivity index (χ1n) is 5.65. The van der Waals surface area contributed by atoms with Crippen LogP contribution in [0.3, 0.4) is 0 Å². The van der Waals surface area contributed by atoms with Crippen LogP contribution in [-0.2, 0) is 14.8 Å². The van der Waals surface area contributed by atoms with Gasteiger partial charge in [0.25, 0.3) is 0 Å². The standard InChI is InChI=1S/C11H15FN2O3S/c12-10-3-2-9(13)8-11(10)18(15,16)14-4-1-6-17-7-5-14/h2-3,8H,1,4-7,13H2. The first kappa shape index (κ1) is 13.3. The SMILES string of the molecule is Nc1ccc(F)c(S(=O)(=O)N2CCCOCC2)c1. The summed E-state index contributed by atoms with van der Waals surface area (Å²) in [6.07, 6.45) is 0.600. The molecule has 0 saturated carbocycles. The molecule has 0 aliphatic carbocycles. The van der Waals surface area contributed by atoms with Crippen molar-refractivity contribution in [1.29, 1.82) is 0 Å². The topological polar surface area (TPSA) is 72.6 Å². The minimum Gasteiger partial charge on any atom is -0.399 e. The molecule has 1 heterocycles. The number of halogens is 1. The summed E-state index contributed by atoms with van der Waals surface area (Å²) in [5, 5.41) is 0. The van der Waals surface area contributed by atoms with Crippen molar-refractivity contribution in [2.24, 2.45) is 0 Å². The number of benzene rings is 1. The summed E-state index contributed by atoms with van der Waals surface area (Å²) in [5.41, 5.74) is 5.73. The van der Waals surface area contributed by atoms with Gasteiger partial charge >= 0.3 is 0 Å². The fourth-order valence-electron chi connectivity index (χ4n) is 1.82. The lowest BCUT2D eigenvalue weighted by Gasteiger charge is -2.19. The van der Waals surface area contributed by atoms with E-state index in [0.29, 0.717) is 26.2 Å². The molecule has 1 fully saturated rings. The maximum Gasteiger partial charge on any atom is 0.246 e. The van der Waals surface area contributed by atoms with E-state index in [4.69, 9.17) is 10.5 Å². The van der Waals surface area contributed by atoms with Crippen LogP contribution in [0.25, 0.3) is 0 Å². The number of nitrogen functional groups attached to an aromatic ring is 1. The van der Waals surface area contributed by atoms with Gasteiger partial charge in [0, 0.05) is 25.4 Å². The van der Waals surface area contributed by atoms with Gasteiger partial charge in [-0.2, -0.15) is 4.31 Å². The van der Waals surface area contributed by atoms with Gasteiger partial charge in [-0.3, -0.25) is 0 Å². The zero-order valence-electron chi connectivity index (χ0n) is 9.80. The van der Waals surface area contributed by atoms with E-state index in [1.54, 1.807) is 0 Å². The summed E-state index contributed by atoms with van der Waals surface area (Å²) >= 11 is 0. The van der Waals surface area contributed by atoms with Crippen LogP contribution < -0.4 is 5.73 Å². The van der Waals surface area contributed by atoms with Crippen LogP contribution in [0.2, 0.25) is 0 Å². The lowest BCUT2D eigenvalue weighted by molar-refractivity contribution is 0.148. The number of anilines is 1. The van der Waals surface area contributed by atoms with Crippen LogP contribution >= 0.6 is 0 Å². The number of nitrogens with zero attached hydrogens (tertiary/aromatic N) is 1. The van der Waals surface area contributed by atoms with Crippen molar-refractivity contribution >= 4 is 15.7 Å². The van der Waals surface area contributed by atoms with Crippen molar-refractivity contribution in [2.75, 3.05) is 32.0 Å². The second-order valence-corrected chi connectivity index (χ2v) is 5.97. The lowest BCUT2D eigenvalue weighted by atomic mass is 10.3. The fraction of sp³-hybridized carbons (Fsp3) is 0.455. The van der Waals surface area contributed by atoms with E-state index in [2.05, 4.69) is 0 Å². The molecule has 0 unspecified atom stereocenters. The molecule has 0 atom stereocenters. The quantitative estimate of drug-likeness (QED) is 0.810. The molecule has 18 heavy (non-hydrogen) atoms. The average Bonchev–Trinajstić information content (AvgIpc) is 2.61. The number of rotatable bonds is 2. The molecule has 2 N–H and O–H groups in total. The molecule has 1 aromatic rings. The summed E-state index contributed by atoms with van der Waals surface area (Å²) < 4.78 is 44.6. The second kappa shape index (κ2) is 5.21. The first-order valence-corrected chi connectivity index (χ1v) is 7.09. The highest BCUT2D eigenvalue weighted by Gasteiger charge is 2.28. The highest BCUT2D eigenvalue weighted by Crippen LogP contribution is 2.22. The molecular weight excluding hydrogens is 259 g/mol. The number of ether oxygens (including phenoxy) is 1. The van der Waals surface area contributed by atoms with Crippen molar-refractivity contribution in [3.8, 4) is 0 Å². The summed E-state index contributed by atoms with van der Waals surface area (Å²) in [7, 11) is -3.84. The largest absolute Gasteiger partial charge is 0.399 e. The van der Waals surface area contributed by atoms with Crippen LogP contribution in [0.1, 0.15) is 6.42 Å². The van der Waals surface area contributed by atoms with Gasteiger partial charge in [0.2, 0.25) is 10.0 Å². The second-order valence-electron chi connectivity index (χ2n) is 4.06. The molecule has 0 spiro atoms. The Morgan fingerprint density at radius 3 is 2.83 bits per heavy atom. The van der Waals surface area contributed by atoms with E-state index in [1.165, 1.54) is 10.4 Å². The fourth-order valence-corrected chi connectivity index (χ4v) is 3.38. The van der Waals surface area contributed by atoms with E-state index >= 15 is 0 Å². The molecule has 0 bridgehead atoms. The molecule has 5 nitrogen and oxygen atoms in total. The minimum atomic E-state index is -3.84. The molecule has 100 valence electrons. The predicted molar refractivity (Wildman–Crippen MR) is 65.0 cm³/mol. The van der Waals surface area contributed by atoms with Crippen molar-refractivity contribution in [2.45, 2.75) is 11.3 Å². The zero-order valence-corrected chi connectivity index (χ0v) is 10.6. The van der Waals surface area contributed by atoms with Gasteiger partial charge in [-0.05, 0) is 24.6 Å². The third-order valence-electron chi connectivity index (χ3n) is 2.75. The van der Waals surface area contributed by atoms with E-state index in [0.717, 1.165) is 12.1 Å². The molecule has 1 saturated heterocycles. The predicted octanol–water partition coefficient (Wildman–Crippen LogP) is 0.819. The summed E-state index contributed by atoms with van der Waals surface area (Å²) in [6.45, 7) is 1.40. The Bertz CT molecular complexity index is 525. The maximum absolute atomic E-state index is 13.6. The van der Waals surface area contributed by atoms with Crippen molar-refractivity contribution in [3.05, 3.63) is 24.0 Å². The van der Waals surface area contributed by atoms with Crippen molar-refractivity contribution in [3.63, 3.8) is 0 Å². The van der Waals surface area contributed by atoms with Crippen molar-refractivity contribution < 1.29 is 17.5 Å². The molecule has 1 aliphatic heterocycles. The number of hydrogen-bond donors (Lipinski definition) is 1. The van der Waals surface area contributed by atoms with E-state index in [-0.39, 0.29) is 17.1 Å². The highest BCUT2D eigenvalue weighted by atomic mass is 32.2. The molecule has 0 aromatic heterocycles. The molecule has 2 rings (SSSR count). The first-order chi connectivity index (χ1) is 8.51. The lowest BCUT2D eigenvalue weighted by Crippen LogP contribution is -2.33. The number of hydrogen-bond acceptors (Lipinski definition) is 4. The van der Waals surface area contributed by atoms with Crippen LogP contribution in [-0.4, -0.2) is 39.0 Å². The Hall–Kier alpha value is -1.18. The summed E-state index contributed by atoms with van der Waals surface area (Å²) in [4.78, 5) is -0.371. The highest BCUT2D eigenvalue weighted by molar-refractivity contribution is 7.89. The zero-order chi connectivity index (χ0) is 13.2. The van der Waals surface area contributed by atoms with Gasteiger partial charge in [-0.1, -0.05) is 0 Å². The Balaban J connectivity index is 2.37. The smallest absolute Gasteiger partial charge is 0.246 e. The summed E-state index contributed by atoms with van der Waals surface area (Å²) in [6, 6.07) is 3.55. The van der Waals surface area contributed by atoms with E-state index < -0.39 is 15.8 Å². The Morgan fingerprint density at radius 2 is 2.06 bits per heavy atom. The molecule has 0 radical (unpaired) electrons. The number of sulfonamides is 1. The van der Waals surface area contributed by atoms with E-state index in [9.17, 15) is 12.8 Å². The van der Waals surface area contributed by atoms with Gasteiger partial charge in [-0.25, -0.2) is 12.8 Å². The summed E-state index contributed by atoms with van der Waals surface area (Å²) in [5.74, 6) is -0.783. The van der Waals surface area contributed by atoms with Gasteiger partial charge < -0.3 is 10.5 Å². The Labute approximate surface area is 105 Å². The average molecular weight is 274 g/mol. The van der Waals surface area contributed by atoms with Gasteiger partial charge in [0.05, 0.1) is 6.61 Å². The van der Waals surface area contributed by atoms with E-state index in [1.807, 2.05) is 0 Å². The van der Waals surface area contributed by atoms with Crippen LogP contribution in [0.5, 0.6) is 0 Å². The van der Waals surface area contributed by atoms with Gasteiger partial charge in [-0.15, -0.1) is 0 Å². The van der Waals surface area contributed by atoms with Crippen LogP contribution in [0.4, 0.5) is 10.1 Å². The monoisotopic (exact) mass is 274 g/mol. The Morgan fingerprint density at radius 1 is 1.28 bits per heavy atom. The van der Waals surface area contributed by atoms with Crippen LogP contribution in [0.15, 0.2) is 23.1 Å². The molecule has 1 aromatic carbocycles. The maximum atomic E-state index is 13.6. The van der Waals surface area contributed by atoms with Crippen LogP contribution in [0, 0.1) is 5.82 Å². The normalized spacial score (nSPS) is 18.5. The molecule has 7 heteroatoms. The van der Waals surface area contributed by atoms with Crippen molar-refractivity contribution in [1.82, 2.24) is 4.31 Å². The molecule has 1 aliphatic rings. The Kier molecular flexibility index (Phi) is 3.84. The van der Waals surface area contributed by atoms with Gasteiger partial charge in [0.15, 0.2) is 0 Å². The minimum absolute atomic E-state index is 0.223.